The number of carbonyl (C=O) groups is 1. The van der Waals surface area contributed by atoms with Crippen LogP contribution in [0.1, 0.15) is 12.5 Å². The van der Waals surface area contributed by atoms with Gasteiger partial charge in [0.1, 0.15) is 0 Å². The number of hydrogen-bond donors (Lipinski definition) is 2. The zero-order valence-corrected chi connectivity index (χ0v) is 14.0. The molecule has 0 fully saturated rings. The molecule has 0 radical (unpaired) electrons. The van der Waals surface area contributed by atoms with E-state index in [0.29, 0.717) is 17.3 Å². The van der Waals surface area contributed by atoms with E-state index in [9.17, 15) is 9.90 Å². The summed E-state index contributed by atoms with van der Waals surface area (Å²) < 4.78 is 0. The van der Waals surface area contributed by atoms with Crippen LogP contribution < -0.4 is 10.2 Å². The van der Waals surface area contributed by atoms with Gasteiger partial charge >= 0.3 is 0 Å². The minimum atomic E-state index is -0.531. The van der Waals surface area contributed by atoms with Crippen molar-refractivity contribution in [1.29, 1.82) is 0 Å². The van der Waals surface area contributed by atoms with Gasteiger partial charge in [-0.05, 0) is 43.7 Å². The van der Waals surface area contributed by atoms with Crippen molar-refractivity contribution in [2.24, 2.45) is 0 Å². The van der Waals surface area contributed by atoms with Gasteiger partial charge in [-0.3, -0.25) is 4.79 Å². The van der Waals surface area contributed by atoms with E-state index in [1.165, 1.54) is 0 Å². The fourth-order valence-electron chi connectivity index (χ4n) is 2.26. The number of halogens is 1. The van der Waals surface area contributed by atoms with Crippen LogP contribution in [-0.4, -0.2) is 30.2 Å². The summed E-state index contributed by atoms with van der Waals surface area (Å²) in [6.45, 7) is 4.15. The largest absolute Gasteiger partial charge is 0.392 e. The van der Waals surface area contributed by atoms with Gasteiger partial charge in [0, 0.05) is 22.9 Å². The predicted molar refractivity (Wildman–Crippen MR) is 95.2 cm³/mol. The summed E-state index contributed by atoms with van der Waals surface area (Å²) in [7, 11) is 0. The van der Waals surface area contributed by atoms with Crippen molar-refractivity contribution in [3.05, 3.63) is 59.1 Å². The van der Waals surface area contributed by atoms with E-state index in [1.54, 1.807) is 13.0 Å². The zero-order chi connectivity index (χ0) is 16.8. The van der Waals surface area contributed by atoms with Gasteiger partial charge in [-0.1, -0.05) is 35.9 Å². The number of carbonyl (C=O) groups excluding carboxylic acids is 1. The smallest absolute Gasteiger partial charge is 0.243 e. The van der Waals surface area contributed by atoms with Gasteiger partial charge in [0.25, 0.3) is 0 Å². The Labute approximate surface area is 141 Å². The predicted octanol–water partition coefficient (Wildman–Crippen LogP) is 3.47. The molecule has 0 aliphatic heterocycles. The molecule has 1 amide bonds. The van der Waals surface area contributed by atoms with Crippen molar-refractivity contribution in [3.63, 3.8) is 0 Å². The van der Waals surface area contributed by atoms with Crippen LogP contribution in [-0.2, 0) is 4.79 Å². The van der Waals surface area contributed by atoms with Crippen molar-refractivity contribution in [3.8, 4) is 0 Å². The number of aryl methyl sites for hydroxylation is 1. The van der Waals surface area contributed by atoms with Crippen molar-refractivity contribution >= 4 is 28.9 Å². The molecule has 0 spiro atoms. The summed E-state index contributed by atoms with van der Waals surface area (Å²) in [6.07, 6.45) is -0.531. The normalized spacial score (nSPS) is 11.8. The van der Waals surface area contributed by atoms with Crippen LogP contribution in [0.3, 0.4) is 0 Å². The molecule has 0 bridgehead atoms. The highest BCUT2D eigenvalue weighted by atomic mass is 35.5. The molecule has 2 rings (SSSR count). The highest BCUT2D eigenvalue weighted by molar-refractivity contribution is 6.31. The highest BCUT2D eigenvalue weighted by Gasteiger charge is 2.14. The standard InChI is InChI=1S/C18H21ClN2O2/c1-13-8-9-15(10-17(13)19)20-18(23)12-21(11-14(2)22)16-6-4-3-5-7-16/h3-10,14,22H,11-12H2,1-2H3,(H,20,23). The third kappa shape index (κ3) is 5.27. The second kappa shape index (κ2) is 7.99. The average Bonchev–Trinajstić information content (AvgIpc) is 2.51. The Hall–Kier alpha value is -2.04. The van der Waals surface area contributed by atoms with Crippen molar-refractivity contribution in [1.82, 2.24) is 0 Å². The molecule has 5 heteroatoms. The van der Waals surface area contributed by atoms with Crippen LogP contribution in [0, 0.1) is 6.92 Å². The van der Waals surface area contributed by atoms with Gasteiger partial charge in [0.15, 0.2) is 0 Å². The Bertz CT molecular complexity index is 659. The molecule has 0 saturated carbocycles. The molecule has 1 atom stereocenters. The lowest BCUT2D eigenvalue weighted by Crippen LogP contribution is -2.37. The van der Waals surface area contributed by atoms with Gasteiger partial charge < -0.3 is 15.3 Å². The molecule has 2 N–H and O–H groups in total. The topological polar surface area (TPSA) is 52.6 Å². The number of aliphatic hydroxyl groups is 1. The molecule has 2 aromatic carbocycles. The number of rotatable bonds is 6. The summed E-state index contributed by atoms with van der Waals surface area (Å²) in [5, 5.41) is 13.1. The van der Waals surface area contributed by atoms with Gasteiger partial charge in [0.2, 0.25) is 5.91 Å². The average molecular weight is 333 g/mol. The zero-order valence-electron chi connectivity index (χ0n) is 13.3. The quantitative estimate of drug-likeness (QED) is 0.851. The number of para-hydroxylation sites is 1. The highest BCUT2D eigenvalue weighted by Crippen LogP contribution is 2.20. The first-order valence-electron chi connectivity index (χ1n) is 7.50. The molecule has 1 unspecified atom stereocenters. The van der Waals surface area contributed by atoms with Crippen LogP contribution in [0.5, 0.6) is 0 Å². The second-order valence-corrected chi connectivity index (χ2v) is 5.98. The lowest BCUT2D eigenvalue weighted by Gasteiger charge is -2.25. The minimum Gasteiger partial charge on any atom is -0.392 e. The molecular formula is C18H21ClN2O2. The monoisotopic (exact) mass is 332 g/mol. The van der Waals surface area contributed by atoms with Gasteiger partial charge in [-0.2, -0.15) is 0 Å². The molecule has 23 heavy (non-hydrogen) atoms. The minimum absolute atomic E-state index is 0.153. The number of hydrogen-bond acceptors (Lipinski definition) is 3. The number of nitrogens with one attached hydrogen (secondary N) is 1. The van der Waals surface area contributed by atoms with E-state index >= 15 is 0 Å². The van der Waals surface area contributed by atoms with Gasteiger partial charge in [-0.25, -0.2) is 0 Å². The maximum Gasteiger partial charge on any atom is 0.243 e. The number of benzene rings is 2. The molecular weight excluding hydrogens is 312 g/mol. The van der Waals surface area contributed by atoms with E-state index in [2.05, 4.69) is 5.32 Å². The number of amides is 1. The van der Waals surface area contributed by atoms with E-state index in [4.69, 9.17) is 11.6 Å². The maximum absolute atomic E-state index is 12.3. The fourth-order valence-corrected chi connectivity index (χ4v) is 2.44. The Kier molecular flexibility index (Phi) is 6.02. The number of anilines is 2. The molecule has 122 valence electrons. The Morgan fingerprint density at radius 2 is 1.96 bits per heavy atom. The molecule has 0 heterocycles. The molecule has 4 nitrogen and oxygen atoms in total. The summed E-state index contributed by atoms with van der Waals surface area (Å²) >= 11 is 6.07. The van der Waals surface area contributed by atoms with Crippen molar-refractivity contribution in [2.45, 2.75) is 20.0 Å². The summed E-state index contributed by atoms with van der Waals surface area (Å²) in [5.74, 6) is -0.158. The molecule has 2 aromatic rings. The fraction of sp³-hybridized carbons (Fsp3) is 0.278. The first-order chi connectivity index (χ1) is 11.0. The van der Waals surface area contributed by atoms with E-state index in [0.717, 1.165) is 11.3 Å². The Morgan fingerprint density at radius 3 is 2.57 bits per heavy atom. The summed E-state index contributed by atoms with van der Waals surface area (Å²) in [4.78, 5) is 14.1. The van der Waals surface area contributed by atoms with Crippen LogP contribution in [0.4, 0.5) is 11.4 Å². The van der Waals surface area contributed by atoms with Crippen LogP contribution >= 0.6 is 11.6 Å². The van der Waals surface area contributed by atoms with Crippen molar-refractivity contribution < 1.29 is 9.90 Å². The lowest BCUT2D eigenvalue weighted by molar-refractivity contribution is -0.115. The molecule has 0 saturated heterocycles. The molecule has 0 aliphatic carbocycles. The molecule has 0 aromatic heterocycles. The SMILES string of the molecule is Cc1ccc(NC(=O)CN(CC(C)O)c2ccccc2)cc1Cl. The van der Waals surface area contributed by atoms with E-state index in [-0.39, 0.29) is 12.5 Å². The Morgan fingerprint density at radius 1 is 1.26 bits per heavy atom. The summed E-state index contributed by atoms with van der Waals surface area (Å²) in [6, 6.07) is 15.0. The Balaban J connectivity index is 2.06. The van der Waals surface area contributed by atoms with E-state index < -0.39 is 6.10 Å². The van der Waals surface area contributed by atoms with Crippen molar-refractivity contribution in [2.75, 3.05) is 23.3 Å². The third-order valence-electron chi connectivity index (χ3n) is 3.40. The maximum atomic E-state index is 12.3. The first kappa shape index (κ1) is 17.3. The first-order valence-corrected chi connectivity index (χ1v) is 7.87. The number of aliphatic hydroxyl groups excluding tert-OH is 1. The van der Waals surface area contributed by atoms with Gasteiger partial charge in [-0.15, -0.1) is 0 Å². The third-order valence-corrected chi connectivity index (χ3v) is 3.80. The molecule has 0 aliphatic rings. The second-order valence-electron chi connectivity index (χ2n) is 5.58. The van der Waals surface area contributed by atoms with Gasteiger partial charge in [0.05, 0.1) is 12.6 Å². The van der Waals surface area contributed by atoms with Crippen LogP contribution in [0.2, 0.25) is 5.02 Å². The summed E-state index contributed by atoms with van der Waals surface area (Å²) in [5.41, 5.74) is 2.52. The number of nitrogens with zero attached hydrogens (tertiary/aromatic N) is 1. The lowest BCUT2D eigenvalue weighted by atomic mass is 10.2. The van der Waals surface area contributed by atoms with E-state index in [1.807, 2.05) is 54.3 Å². The van der Waals surface area contributed by atoms with Crippen LogP contribution in [0.15, 0.2) is 48.5 Å². The van der Waals surface area contributed by atoms with Crippen LogP contribution in [0.25, 0.3) is 0 Å².